The maximum absolute atomic E-state index is 12.4. The minimum atomic E-state index is -0.501. The maximum Gasteiger partial charge on any atom is 0.420 e. The molecule has 1 atom stereocenters. The van der Waals surface area contributed by atoms with Crippen LogP contribution in [0.2, 0.25) is 0 Å². The van der Waals surface area contributed by atoms with Crippen LogP contribution in [0.3, 0.4) is 0 Å². The van der Waals surface area contributed by atoms with Gasteiger partial charge in [-0.05, 0) is 63.9 Å². The van der Waals surface area contributed by atoms with E-state index in [4.69, 9.17) is 8.94 Å². The number of nitrogens with one attached hydrogen (secondary N) is 1. The van der Waals surface area contributed by atoms with E-state index in [1.165, 1.54) is 30.3 Å². The lowest BCUT2D eigenvalue weighted by molar-refractivity contribution is 0.0904. The highest BCUT2D eigenvalue weighted by Gasteiger charge is 2.19. The number of aryl methyl sites for hydroxylation is 1. The van der Waals surface area contributed by atoms with Crippen LogP contribution in [-0.4, -0.2) is 51.2 Å². The largest absolute Gasteiger partial charge is 0.420 e. The van der Waals surface area contributed by atoms with Gasteiger partial charge in [0.25, 0.3) is 0 Å². The van der Waals surface area contributed by atoms with Crippen LogP contribution in [0.25, 0.3) is 11.1 Å². The van der Waals surface area contributed by atoms with E-state index in [-0.39, 0.29) is 18.3 Å². The molecule has 1 aliphatic rings. The van der Waals surface area contributed by atoms with Gasteiger partial charge >= 0.3 is 17.6 Å². The van der Waals surface area contributed by atoms with Gasteiger partial charge in [-0.2, -0.15) is 4.98 Å². The average Bonchev–Trinajstić information content (AvgIpc) is 3.22. The van der Waals surface area contributed by atoms with Gasteiger partial charge in [-0.15, -0.1) is 0 Å². The Morgan fingerprint density at radius 1 is 1.23 bits per heavy atom. The first-order valence-corrected chi connectivity index (χ1v) is 11.0. The van der Waals surface area contributed by atoms with E-state index in [1.807, 2.05) is 19.1 Å². The first kappa shape index (κ1) is 21.3. The summed E-state index contributed by atoms with van der Waals surface area (Å²) in [6.45, 7) is 7.01. The molecule has 166 valence electrons. The summed E-state index contributed by atoms with van der Waals surface area (Å²) >= 11 is 0. The molecule has 0 radical (unpaired) electrons. The van der Waals surface area contributed by atoms with E-state index in [2.05, 4.69) is 27.3 Å². The molecule has 1 fully saturated rings. The minimum absolute atomic E-state index is 0.0675. The summed E-state index contributed by atoms with van der Waals surface area (Å²) in [5.74, 6) is -0.759. The van der Waals surface area contributed by atoms with E-state index < -0.39 is 11.7 Å². The summed E-state index contributed by atoms with van der Waals surface area (Å²) in [6.07, 6.45) is 5.97. The Bertz CT molecular complexity index is 1090. The molecule has 0 saturated carbocycles. The number of hydrogen-bond acceptors (Lipinski definition) is 7. The van der Waals surface area contributed by atoms with Crippen LogP contribution in [0, 0.1) is 6.92 Å². The molecule has 0 bridgehead atoms. The molecule has 31 heavy (non-hydrogen) atoms. The molecule has 0 spiro atoms. The number of rotatable bonds is 7. The number of oxazole rings is 1. The van der Waals surface area contributed by atoms with Crippen LogP contribution in [0.15, 0.2) is 31.9 Å². The van der Waals surface area contributed by atoms with Crippen LogP contribution >= 0.6 is 0 Å². The topological polar surface area (TPSA) is 106 Å². The molecular formula is C22H29N5O4. The molecule has 2 aromatic heterocycles. The predicted molar refractivity (Wildman–Crippen MR) is 115 cm³/mol. The summed E-state index contributed by atoms with van der Waals surface area (Å²) in [5, 5.41) is 6.71. The summed E-state index contributed by atoms with van der Waals surface area (Å²) in [4.78, 5) is 31.2. The van der Waals surface area contributed by atoms with Gasteiger partial charge in [0.05, 0.1) is 12.1 Å². The number of carbonyl (C=O) groups excluding carboxylic acids is 1. The van der Waals surface area contributed by atoms with Crippen LogP contribution < -0.4 is 11.1 Å². The number of fused-ring (bicyclic) bond motifs is 1. The summed E-state index contributed by atoms with van der Waals surface area (Å²) in [7, 11) is 0. The van der Waals surface area contributed by atoms with Crippen molar-refractivity contribution in [3.8, 4) is 0 Å². The maximum atomic E-state index is 12.4. The zero-order valence-corrected chi connectivity index (χ0v) is 18.1. The SMILES string of the molecule is Cc1ccc2oc(=O)n(Cc3noc(C(=O)NCCC(C)N4CCCCCC4)n3)c2c1. The van der Waals surface area contributed by atoms with E-state index in [1.54, 1.807) is 6.07 Å². The summed E-state index contributed by atoms with van der Waals surface area (Å²) in [6, 6.07) is 5.91. The van der Waals surface area contributed by atoms with Crippen molar-refractivity contribution in [3.63, 3.8) is 0 Å². The molecule has 1 aliphatic heterocycles. The molecule has 1 N–H and O–H groups in total. The molecule has 3 aromatic rings. The van der Waals surface area contributed by atoms with Gasteiger partial charge in [-0.1, -0.05) is 24.1 Å². The number of carbonyl (C=O) groups is 1. The van der Waals surface area contributed by atoms with Crippen molar-refractivity contribution >= 4 is 17.0 Å². The zero-order chi connectivity index (χ0) is 21.8. The van der Waals surface area contributed by atoms with Crippen LogP contribution in [0.4, 0.5) is 0 Å². The lowest BCUT2D eigenvalue weighted by atomic mass is 10.2. The highest BCUT2D eigenvalue weighted by Crippen LogP contribution is 2.16. The second-order valence-electron chi connectivity index (χ2n) is 8.28. The molecule has 9 nitrogen and oxygen atoms in total. The quantitative estimate of drug-likeness (QED) is 0.618. The summed E-state index contributed by atoms with van der Waals surface area (Å²) < 4.78 is 11.8. The van der Waals surface area contributed by atoms with Gasteiger partial charge in [0, 0.05) is 12.6 Å². The van der Waals surface area contributed by atoms with E-state index in [0.717, 1.165) is 25.1 Å². The number of likely N-dealkylation sites (tertiary alicyclic amines) is 1. The zero-order valence-electron chi connectivity index (χ0n) is 18.1. The Morgan fingerprint density at radius 2 is 2.00 bits per heavy atom. The smallest absolute Gasteiger partial charge is 0.408 e. The molecule has 0 aliphatic carbocycles. The second-order valence-corrected chi connectivity index (χ2v) is 8.28. The normalized spacial score (nSPS) is 16.3. The number of hydrogen-bond donors (Lipinski definition) is 1. The lowest BCUT2D eigenvalue weighted by Crippen LogP contribution is -2.37. The van der Waals surface area contributed by atoms with E-state index in [0.29, 0.717) is 23.7 Å². The molecule has 1 unspecified atom stereocenters. The average molecular weight is 428 g/mol. The highest BCUT2D eigenvalue weighted by atomic mass is 16.5. The molecule has 1 saturated heterocycles. The fourth-order valence-electron chi connectivity index (χ4n) is 4.06. The van der Waals surface area contributed by atoms with Crippen molar-refractivity contribution in [3.05, 3.63) is 46.0 Å². The predicted octanol–water partition coefficient (Wildman–Crippen LogP) is 2.72. The first-order valence-electron chi connectivity index (χ1n) is 11.0. The fraction of sp³-hybridized carbons (Fsp3) is 0.545. The third-order valence-corrected chi connectivity index (χ3v) is 5.90. The third-order valence-electron chi connectivity index (χ3n) is 5.90. The Hall–Kier alpha value is -2.94. The second kappa shape index (κ2) is 9.47. The Kier molecular flexibility index (Phi) is 6.50. The Morgan fingerprint density at radius 3 is 2.77 bits per heavy atom. The fourth-order valence-corrected chi connectivity index (χ4v) is 4.06. The van der Waals surface area contributed by atoms with Crippen molar-refractivity contribution < 1.29 is 13.7 Å². The molecule has 3 heterocycles. The monoisotopic (exact) mass is 427 g/mol. The molecule has 1 aromatic carbocycles. The highest BCUT2D eigenvalue weighted by molar-refractivity contribution is 5.89. The van der Waals surface area contributed by atoms with E-state index in [9.17, 15) is 9.59 Å². The summed E-state index contributed by atoms with van der Waals surface area (Å²) in [5.41, 5.74) is 2.16. The number of aromatic nitrogens is 3. The van der Waals surface area contributed by atoms with Crippen molar-refractivity contribution in [2.75, 3.05) is 19.6 Å². The lowest BCUT2D eigenvalue weighted by Gasteiger charge is -2.27. The standard InChI is InChI=1S/C22H29N5O4/c1-15-7-8-18-17(13-15)27(22(29)30-18)14-19-24-21(31-25-19)20(28)23-10-9-16(2)26-11-5-3-4-6-12-26/h7-8,13,16H,3-6,9-12,14H2,1-2H3,(H,23,28). The number of amides is 1. The van der Waals surface area contributed by atoms with Gasteiger partial charge in [0.15, 0.2) is 11.4 Å². The molecule has 4 rings (SSSR count). The van der Waals surface area contributed by atoms with E-state index >= 15 is 0 Å². The van der Waals surface area contributed by atoms with Gasteiger partial charge in [0.2, 0.25) is 0 Å². The molecule has 1 amide bonds. The minimum Gasteiger partial charge on any atom is -0.408 e. The molecule has 9 heteroatoms. The Labute approximate surface area is 180 Å². The number of nitrogens with zero attached hydrogens (tertiary/aromatic N) is 4. The van der Waals surface area contributed by atoms with Gasteiger partial charge in [-0.25, -0.2) is 4.79 Å². The van der Waals surface area contributed by atoms with Crippen LogP contribution in [0.5, 0.6) is 0 Å². The third kappa shape index (κ3) is 5.04. The Balaban J connectivity index is 1.33. The van der Waals surface area contributed by atoms with Crippen molar-refractivity contribution in [1.29, 1.82) is 0 Å². The van der Waals surface area contributed by atoms with Gasteiger partial charge in [0.1, 0.15) is 0 Å². The van der Waals surface area contributed by atoms with Crippen molar-refractivity contribution in [1.82, 2.24) is 24.9 Å². The van der Waals surface area contributed by atoms with Crippen LogP contribution in [0.1, 0.15) is 61.1 Å². The van der Waals surface area contributed by atoms with Crippen molar-refractivity contribution in [2.45, 2.75) is 58.5 Å². The number of benzene rings is 1. The first-order chi connectivity index (χ1) is 15.0. The van der Waals surface area contributed by atoms with Gasteiger partial charge in [-0.3, -0.25) is 9.36 Å². The van der Waals surface area contributed by atoms with Crippen LogP contribution in [-0.2, 0) is 6.54 Å². The van der Waals surface area contributed by atoms with Gasteiger partial charge < -0.3 is 19.2 Å². The van der Waals surface area contributed by atoms with Crippen molar-refractivity contribution in [2.24, 2.45) is 0 Å². The molecular weight excluding hydrogens is 398 g/mol.